The molecule has 6 nitrogen and oxygen atoms in total. The Hall–Kier alpha value is -1.34. The van der Waals surface area contributed by atoms with Crippen molar-refractivity contribution in [3.63, 3.8) is 0 Å². The van der Waals surface area contributed by atoms with Crippen LogP contribution in [0.4, 0.5) is 0 Å². The van der Waals surface area contributed by atoms with Crippen LogP contribution in [0.15, 0.2) is 16.7 Å². The first-order valence-electron chi connectivity index (χ1n) is 5.70. The van der Waals surface area contributed by atoms with Gasteiger partial charge in [0.15, 0.2) is 0 Å². The van der Waals surface area contributed by atoms with Crippen molar-refractivity contribution in [1.29, 1.82) is 0 Å². The number of H-pyrrole nitrogens is 1. The zero-order valence-electron chi connectivity index (χ0n) is 9.66. The summed E-state index contributed by atoms with van der Waals surface area (Å²) in [5, 5.41) is 0. The lowest BCUT2D eigenvalue weighted by atomic mass is 10.2. The van der Waals surface area contributed by atoms with E-state index < -0.39 is 0 Å². The summed E-state index contributed by atoms with van der Waals surface area (Å²) >= 11 is 3.22. The molecule has 2 rings (SSSR count). The van der Waals surface area contributed by atoms with E-state index in [0.717, 1.165) is 17.3 Å². The second kappa shape index (κ2) is 6.01. The lowest BCUT2D eigenvalue weighted by molar-refractivity contribution is -0.124. The average molecular weight is 316 g/mol. The second-order valence-corrected chi connectivity index (χ2v) is 4.99. The van der Waals surface area contributed by atoms with Crippen molar-refractivity contribution < 1.29 is 14.3 Å². The van der Waals surface area contributed by atoms with E-state index in [1.807, 2.05) is 0 Å². The minimum absolute atomic E-state index is 0.0264. The molecule has 1 atom stereocenters. The second-order valence-electron chi connectivity index (χ2n) is 4.07. The van der Waals surface area contributed by atoms with Crippen LogP contribution in [-0.2, 0) is 9.53 Å². The molecule has 0 radical (unpaired) electrons. The number of hydrazine groups is 1. The van der Waals surface area contributed by atoms with Gasteiger partial charge >= 0.3 is 0 Å². The summed E-state index contributed by atoms with van der Waals surface area (Å²) < 4.78 is 6.11. The van der Waals surface area contributed by atoms with E-state index in [1.54, 1.807) is 12.3 Å². The van der Waals surface area contributed by atoms with Crippen molar-refractivity contribution in [2.45, 2.75) is 25.4 Å². The monoisotopic (exact) mass is 315 g/mol. The predicted molar refractivity (Wildman–Crippen MR) is 67.7 cm³/mol. The molecule has 1 aliphatic heterocycles. The molecule has 0 spiro atoms. The maximum absolute atomic E-state index is 11.6. The Bertz CT molecular complexity index is 440. The summed E-state index contributed by atoms with van der Waals surface area (Å²) in [5.74, 6) is -0.637. The van der Waals surface area contributed by atoms with Gasteiger partial charge < -0.3 is 9.72 Å². The molecule has 2 amide bonds. The molecule has 98 valence electrons. The zero-order chi connectivity index (χ0) is 13.0. The minimum Gasteiger partial charge on any atom is -0.378 e. The normalized spacial score (nSPS) is 18.6. The molecule has 18 heavy (non-hydrogen) atoms. The highest BCUT2D eigenvalue weighted by Crippen LogP contribution is 2.14. The average Bonchev–Trinajstić information content (AvgIpc) is 2.97. The molecule has 7 heteroatoms. The number of rotatable bonds is 3. The van der Waals surface area contributed by atoms with Gasteiger partial charge in [-0.25, -0.2) is 0 Å². The molecule has 1 aromatic rings. The van der Waals surface area contributed by atoms with E-state index in [0.29, 0.717) is 12.3 Å². The first-order chi connectivity index (χ1) is 8.65. The summed E-state index contributed by atoms with van der Waals surface area (Å²) in [6.07, 6.45) is 3.77. The SMILES string of the molecule is O=C(CC1CCCO1)NNC(=O)c1cc(Br)c[nH]1. The molecule has 1 saturated heterocycles. The first-order valence-corrected chi connectivity index (χ1v) is 6.49. The maximum atomic E-state index is 11.6. The van der Waals surface area contributed by atoms with Gasteiger partial charge in [-0.3, -0.25) is 20.4 Å². The Morgan fingerprint density at radius 2 is 2.33 bits per heavy atom. The molecule has 1 aliphatic rings. The smallest absolute Gasteiger partial charge is 0.286 e. The zero-order valence-corrected chi connectivity index (χ0v) is 11.2. The first kappa shape index (κ1) is 13.1. The van der Waals surface area contributed by atoms with Gasteiger partial charge in [0.1, 0.15) is 5.69 Å². The third-order valence-corrected chi connectivity index (χ3v) is 3.10. The summed E-state index contributed by atoms with van der Waals surface area (Å²) in [7, 11) is 0. The van der Waals surface area contributed by atoms with Crippen molar-refractivity contribution in [2.24, 2.45) is 0 Å². The number of nitrogens with one attached hydrogen (secondary N) is 3. The third-order valence-electron chi connectivity index (χ3n) is 2.64. The molecule has 0 aromatic carbocycles. The molecule has 2 heterocycles. The molecular formula is C11H14BrN3O3. The highest BCUT2D eigenvalue weighted by Gasteiger charge is 2.19. The molecule has 1 fully saturated rings. The maximum Gasteiger partial charge on any atom is 0.286 e. The Morgan fingerprint density at radius 3 is 2.94 bits per heavy atom. The van der Waals surface area contributed by atoms with Gasteiger partial charge in [-0.05, 0) is 34.8 Å². The molecule has 0 bridgehead atoms. The van der Waals surface area contributed by atoms with Crippen LogP contribution in [-0.4, -0.2) is 29.5 Å². The van der Waals surface area contributed by atoms with Crippen LogP contribution in [0.2, 0.25) is 0 Å². The lowest BCUT2D eigenvalue weighted by Crippen LogP contribution is -2.42. The number of ether oxygens (including phenoxy) is 1. The number of hydrogen-bond donors (Lipinski definition) is 3. The van der Waals surface area contributed by atoms with Crippen molar-refractivity contribution in [3.05, 3.63) is 22.4 Å². The van der Waals surface area contributed by atoms with Gasteiger partial charge in [0.05, 0.1) is 12.5 Å². The number of amides is 2. The fraction of sp³-hybridized carbons (Fsp3) is 0.455. The Labute approximate surface area is 113 Å². The Kier molecular flexibility index (Phi) is 4.38. The van der Waals surface area contributed by atoms with Crippen LogP contribution in [0.5, 0.6) is 0 Å². The highest BCUT2D eigenvalue weighted by molar-refractivity contribution is 9.10. The van der Waals surface area contributed by atoms with Crippen molar-refractivity contribution in [2.75, 3.05) is 6.61 Å². The fourth-order valence-electron chi connectivity index (χ4n) is 1.76. The number of aromatic nitrogens is 1. The standard InChI is InChI=1S/C11H14BrN3O3/c12-7-4-9(13-6-7)11(17)15-14-10(16)5-8-2-1-3-18-8/h4,6,8,13H,1-3,5H2,(H,14,16)(H,15,17). The molecule has 0 saturated carbocycles. The number of carbonyl (C=O) groups excluding carboxylic acids is 2. The quantitative estimate of drug-likeness (QED) is 0.731. The van der Waals surface area contributed by atoms with Gasteiger partial charge in [0, 0.05) is 17.3 Å². The fourth-order valence-corrected chi connectivity index (χ4v) is 2.10. The van der Waals surface area contributed by atoms with E-state index >= 15 is 0 Å². The number of aromatic amines is 1. The van der Waals surface area contributed by atoms with Crippen molar-refractivity contribution in [1.82, 2.24) is 15.8 Å². The molecule has 1 unspecified atom stereocenters. The van der Waals surface area contributed by atoms with E-state index in [9.17, 15) is 9.59 Å². The van der Waals surface area contributed by atoms with Gasteiger partial charge in [-0.1, -0.05) is 0 Å². The molecule has 1 aromatic heterocycles. The number of hydrogen-bond acceptors (Lipinski definition) is 3. The summed E-state index contributed by atoms with van der Waals surface area (Å²) in [4.78, 5) is 25.9. The predicted octanol–water partition coefficient (Wildman–Crippen LogP) is 1.11. The highest BCUT2D eigenvalue weighted by atomic mass is 79.9. The lowest BCUT2D eigenvalue weighted by Gasteiger charge is -2.10. The molecule has 0 aliphatic carbocycles. The van der Waals surface area contributed by atoms with Crippen LogP contribution in [0.25, 0.3) is 0 Å². The van der Waals surface area contributed by atoms with Gasteiger partial charge in [-0.15, -0.1) is 0 Å². The van der Waals surface area contributed by atoms with E-state index in [4.69, 9.17) is 4.74 Å². The van der Waals surface area contributed by atoms with Crippen molar-refractivity contribution >= 4 is 27.7 Å². The van der Waals surface area contributed by atoms with Crippen LogP contribution in [0.3, 0.4) is 0 Å². The topological polar surface area (TPSA) is 83.2 Å². The van der Waals surface area contributed by atoms with Crippen LogP contribution >= 0.6 is 15.9 Å². The van der Waals surface area contributed by atoms with Crippen LogP contribution in [0, 0.1) is 0 Å². The molecule has 3 N–H and O–H groups in total. The Morgan fingerprint density at radius 1 is 1.50 bits per heavy atom. The van der Waals surface area contributed by atoms with Crippen LogP contribution in [0.1, 0.15) is 29.8 Å². The summed E-state index contributed by atoms with van der Waals surface area (Å²) in [5.41, 5.74) is 5.08. The number of halogens is 1. The Balaban J connectivity index is 1.73. The summed E-state index contributed by atoms with van der Waals surface area (Å²) in [6, 6.07) is 1.63. The molecular weight excluding hydrogens is 302 g/mol. The van der Waals surface area contributed by atoms with E-state index in [-0.39, 0.29) is 24.3 Å². The van der Waals surface area contributed by atoms with Crippen molar-refractivity contribution in [3.8, 4) is 0 Å². The van der Waals surface area contributed by atoms with Gasteiger partial charge in [0.2, 0.25) is 5.91 Å². The van der Waals surface area contributed by atoms with E-state index in [2.05, 4.69) is 31.8 Å². The van der Waals surface area contributed by atoms with Crippen LogP contribution < -0.4 is 10.9 Å². The summed E-state index contributed by atoms with van der Waals surface area (Å²) in [6.45, 7) is 0.709. The van der Waals surface area contributed by atoms with E-state index in [1.165, 1.54) is 0 Å². The van der Waals surface area contributed by atoms with Gasteiger partial charge in [0.25, 0.3) is 5.91 Å². The van der Waals surface area contributed by atoms with Gasteiger partial charge in [-0.2, -0.15) is 0 Å². The number of carbonyl (C=O) groups is 2. The minimum atomic E-state index is -0.388. The largest absolute Gasteiger partial charge is 0.378 e. The third kappa shape index (κ3) is 3.58.